The number of benzene rings is 1. The second-order valence-corrected chi connectivity index (χ2v) is 9.31. The summed E-state index contributed by atoms with van der Waals surface area (Å²) in [4.78, 5) is 29.3. The van der Waals surface area contributed by atoms with Crippen molar-refractivity contribution in [2.75, 3.05) is 5.73 Å². The van der Waals surface area contributed by atoms with Gasteiger partial charge in [-0.3, -0.25) is 19.9 Å². The molecule has 5 N–H and O–H groups in total. The molecule has 3 aromatic rings. The number of nitriles is 1. The lowest BCUT2D eigenvalue weighted by Gasteiger charge is -2.12. The molecule has 9 nitrogen and oxygen atoms in total. The van der Waals surface area contributed by atoms with E-state index in [-0.39, 0.29) is 27.4 Å². The maximum absolute atomic E-state index is 13.2. The zero-order chi connectivity index (χ0) is 26.2. The van der Waals surface area contributed by atoms with Gasteiger partial charge in [-0.05, 0) is 56.5 Å². The molecule has 36 heavy (non-hydrogen) atoms. The summed E-state index contributed by atoms with van der Waals surface area (Å²) in [6.07, 6.45) is 4.36. The maximum atomic E-state index is 13.2. The van der Waals surface area contributed by atoms with Crippen LogP contribution in [-0.2, 0) is 15.1 Å². The number of pyridine rings is 1. The third-order valence-corrected chi connectivity index (χ3v) is 6.53. The van der Waals surface area contributed by atoms with E-state index in [1.807, 2.05) is 6.92 Å². The molecule has 1 saturated carbocycles. The van der Waals surface area contributed by atoms with Gasteiger partial charge < -0.3 is 11.5 Å². The van der Waals surface area contributed by atoms with E-state index in [0.29, 0.717) is 22.8 Å². The van der Waals surface area contributed by atoms with Gasteiger partial charge in [-0.1, -0.05) is 17.7 Å². The number of halogens is 2. The number of hydrogen-bond acceptors (Lipinski definition) is 7. The number of anilines is 1. The number of carbonyl (C=O) groups excluding carboxylic acids is 2. The minimum absolute atomic E-state index is 0.0176. The number of nitrogen functional groups attached to an aromatic ring is 1. The number of nitrogens with two attached hydrogens (primary N) is 2. The molecule has 0 saturated heterocycles. The van der Waals surface area contributed by atoms with Gasteiger partial charge in [0.2, 0.25) is 5.91 Å². The fourth-order valence-electron chi connectivity index (χ4n) is 3.69. The zero-order valence-electron chi connectivity index (χ0n) is 19.5. The predicted molar refractivity (Wildman–Crippen MR) is 133 cm³/mol. The first kappa shape index (κ1) is 24.9. The number of imide groups is 1. The van der Waals surface area contributed by atoms with Gasteiger partial charge in [0.1, 0.15) is 29.0 Å². The van der Waals surface area contributed by atoms with Crippen LogP contribution in [0.2, 0.25) is 5.02 Å². The lowest BCUT2D eigenvalue weighted by atomic mass is 10.0. The van der Waals surface area contributed by atoms with Crippen molar-refractivity contribution in [1.82, 2.24) is 20.1 Å². The van der Waals surface area contributed by atoms with Crippen LogP contribution in [0.4, 0.5) is 10.2 Å². The van der Waals surface area contributed by atoms with Crippen LogP contribution in [0.15, 0.2) is 42.6 Å². The largest absolute Gasteiger partial charge is 0.398 e. The number of hydrogen-bond donors (Lipinski definition) is 3. The normalized spacial score (nSPS) is 15.1. The lowest BCUT2D eigenvalue weighted by molar-refractivity contribution is -0.128. The Morgan fingerprint density at radius 2 is 2.06 bits per heavy atom. The van der Waals surface area contributed by atoms with E-state index in [4.69, 9.17) is 23.1 Å². The van der Waals surface area contributed by atoms with Crippen LogP contribution < -0.4 is 16.8 Å². The number of nitrogens with one attached hydrogen (secondary N) is 1. The fourth-order valence-corrected chi connectivity index (χ4v) is 3.96. The van der Waals surface area contributed by atoms with Crippen LogP contribution in [0, 0.1) is 17.1 Å². The molecular weight excluding hydrogens is 485 g/mol. The highest BCUT2D eigenvalue weighted by Crippen LogP contribution is 2.45. The summed E-state index contributed by atoms with van der Waals surface area (Å²) >= 11 is 5.96. The van der Waals surface area contributed by atoms with E-state index in [1.165, 1.54) is 12.3 Å². The van der Waals surface area contributed by atoms with E-state index >= 15 is 0 Å². The fraction of sp³-hybridized carbons (Fsp3) is 0.240. The minimum atomic E-state index is -0.748. The average Bonchev–Trinajstić information content (AvgIpc) is 3.48. The molecule has 1 unspecified atom stereocenters. The van der Waals surface area contributed by atoms with E-state index in [1.54, 1.807) is 23.7 Å². The molecule has 0 radical (unpaired) electrons. The molecule has 0 spiro atoms. The topological polar surface area (TPSA) is 153 Å². The van der Waals surface area contributed by atoms with Crippen molar-refractivity contribution in [3.63, 3.8) is 0 Å². The molecule has 2 heterocycles. The molecule has 2 aromatic heterocycles. The van der Waals surface area contributed by atoms with Gasteiger partial charge in [-0.25, -0.2) is 9.07 Å². The van der Waals surface area contributed by atoms with Gasteiger partial charge >= 0.3 is 0 Å². The van der Waals surface area contributed by atoms with Crippen molar-refractivity contribution in [3.8, 4) is 17.5 Å². The Bertz CT molecular complexity index is 1440. The number of amides is 2. The van der Waals surface area contributed by atoms with Crippen molar-refractivity contribution in [2.45, 2.75) is 38.1 Å². The summed E-state index contributed by atoms with van der Waals surface area (Å²) < 4.78 is 14.9. The van der Waals surface area contributed by atoms with Gasteiger partial charge in [0, 0.05) is 23.5 Å². The maximum Gasteiger partial charge on any atom is 0.252 e. The van der Waals surface area contributed by atoms with Gasteiger partial charge in [-0.15, -0.1) is 0 Å². The lowest BCUT2D eigenvalue weighted by Crippen LogP contribution is -2.33. The van der Waals surface area contributed by atoms with Crippen LogP contribution in [0.25, 0.3) is 17.1 Å². The van der Waals surface area contributed by atoms with Crippen molar-refractivity contribution in [3.05, 3.63) is 70.1 Å². The number of rotatable bonds is 6. The van der Waals surface area contributed by atoms with E-state index in [9.17, 15) is 19.2 Å². The summed E-state index contributed by atoms with van der Waals surface area (Å²) in [5, 5.41) is 16.4. The molecule has 184 valence electrons. The Morgan fingerprint density at radius 1 is 1.33 bits per heavy atom. The first-order chi connectivity index (χ1) is 17.0. The highest BCUT2D eigenvalue weighted by molar-refractivity contribution is 6.32. The van der Waals surface area contributed by atoms with E-state index < -0.39 is 23.5 Å². The summed E-state index contributed by atoms with van der Waals surface area (Å²) in [6, 6.07) is 9.00. The third kappa shape index (κ3) is 4.78. The van der Waals surface area contributed by atoms with Crippen LogP contribution >= 0.6 is 11.6 Å². The summed E-state index contributed by atoms with van der Waals surface area (Å²) in [6.45, 7) is 3.64. The first-order valence-corrected chi connectivity index (χ1v) is 11.4. The Hall–Kier alpha value is -4.23. The predicted octanol–water partition coefficient (Wildman–Crippen LogP) is 3.45. The summed E-state index contributed by atoms with van der Waals surface area (Å²) in [5.74, 6) is -2.27. The first-order valence-electron chi connectivity index (χ1n) is 11.1. The molecule has 4 rings (SSSR count). The Kier molecular flexibility index (Phi) is 6.52. The highest BCUT2D eigenvalue weighted by atomic mass is 35.5. The SMILES string of the molecule is CC(C(=O)NC(=O)C=C(N)c1ccc(F)cc1Cl)c1ccc(-c2nn(C3(C)CC3)c(N)c2C#N)nc1. The van der Waals surface area contributed by atoms with Crippen molar-refractivity contribution in [1.29, 1.82) is 5.26 Å². The van der Waals surface area contributed by atoms with E-state index in [0.717, 1.165) is 31.1 Å². The molecular formula is C25H23ClFN7O2. The molecule has 0 bridgehead atoms. The zero-order valence-corrected chi connectivity index (χ0v) is 20.3. The summed E-state index contributed by atoms with van der Waals surface area (Å²) in [7, 11) is 0. The number of nitrogens with zero attached hydrogens (tertiary/aromatic N) is 4. The average molecular weight is 508 g/mol. The quantitative estimate of drug-likeness (QED) is 0.432. The van der Waals surface area contributed by atoms with Gasteiger partial charge in [0.05, 0.1) is 22.2 Å². The second kappa shape index (κ2) is 9.43. The van der Waals surface area contributed by atoms with Gasteiger partial charge in [-0.2, -0.15) is 10.4 Å². The molecule has 1 atom stereocenters. The molecule has 2 amide bonds. The van der Waals surface area contributed by atoms with E-state index in [2.05, 4.69) is 21.5 Å². The molecule has 1 aliphatic rings. The van der Waals surface area contributed by atoms with Crippen LogP contribution in [0.1, 0.15) is 49.3 Å². The van der Waals surface area contributed by atoms with Crippen molar-refractivity contribution in [2.24, 2.45) is 5.73 Å². The Morgan fingerprint density at radius 3 is 2.64 bits per heavy atom. The van der Waals surface area contributed by atoms with Gasteiger partial charge in [0.15, 0.2) is 0 Å². The smallest absolute Gasteiger partial charge is 0.252 e. The van der Waals surface area contributed by atoms with Crippen LogP contribution in [-0.4, -0.2) is 26.6 Å². The monoisotopic (exact) mass is 507 g/mol. The summed E-state index contributed by atoms with van der Waals surface area (Å²) in [5.41, 5.74) is 13.7. The Balaban J connectivity index is 1.47. The van der Waals surface area contributed by atoms with Crippen molar-refractivity contribution < 1.29 is 14.0 Å². The molecule has 1 fully saturated rings. The molecule has 0 aliphatic heterocycles. The standard InChI is InChI=1S/C25H23ClFN7O2/c1-13(24(36)32-21(35)10-19(29)16-5-4-15(27)9-18(16)26)14-3-6-20(31-12-14)22-17(11-28)23(30)34(33-22)25(2)7-8-25/h3-6,9-10,12-13H,7-8,29-30H2,1-2H3,(H,32,35,36). The number of carbonyl (C=O) groups is 2. The van der Waals surface area contributed by atoms with Crippen molar-refractivity contribution >= 4 is 34.9 Å². The Labute approximate surface area is 211 Å². The third-order valence-electron chi connectivity index (χ3n) is 6.22. The number of aromatic nitrogens is 3. The van der Waals surface area contributed by atoms with Crippen LogP contribution in [0.3, 0.4) is 0 Å². The molecule has 11 heteroatoms. The second-order valence-electron chi connectivity index (χ2n) is 8.91. The molecule has 1 aromatic carbocycles. The minimum Gasteiger partial charge on any atom is -0.398 e. The van der Waals surface area contributed by atoms with Gasteiger partial charge in [0.25, 0.3) is 5.91 Å². The molecule has 1 aliphatic carbocycles. The highest BCUT2D eigenvalue weighted by Gasteiger charge is 2.43. The van der Waals surface area contributed by atoms with Crippen LogP contribution in [0.5, 0.6) is 0 Å².